The molecule has 0 amide bonds. The minimum atomic E-state index is 0.0226. The SMILES string of the molecule is COc1ccc(C)cc1-c1ccc(C(=O)C(C)C)cc1. The summed E-state index contributed by atoms with van der Waals surface area (Å²) in [6.45, 7) is 5.89. The van der Waals surface area contributed by atoms with E-state index in [1.165, 1.54) is 5.56 Å². The predicted octanol–water partition coefficient (Wildman–Crippen LogP) is 4.51. The third kappa shape index (κ3) is 2.90. The highest BCUT2D eigenvalue weighted by atomic mass is 16.5. The minimum absolute atomic E-state index is 0.0226. The second-order valence-electron chi connectivity index (χ2n) is 5.30. The molecule has 2 nitrogen and oxygen atoms in total. The predicted molar refractivity (Wildman–Crippen MR) is 82.3 cm³/mol. The average Bonchev–Trinajstić information content (AvgIpc) is 2.46. The summed E-state index contributed by atoms with van der Waals surface area (Å²) >= 11 is 0. The molecule has 0 aromatic heterocycles. The molecule has 0 atom stereocenters. The van der Waals surface area contributed by atoms with Gasteiger partial charge in [-0.1, -0.05) is 49.7 Å². The second-order valence-corrected chi connectivity index (χ2v) is 5.30. The first kappa shape index (κ1) is 14.3. The standard InChI is InChI=1S/C18H20O2/c1-12(2)18(19)15-8-6-14(7-9-15)16-11-13(3)5-10-17(16)20-4/h5-12H,1-4H3. The van der Waals surface area contributed by atoms with Gasteiger partial charge in [0.05, 0.1) is 7.11 Å². The van der Waals surface area contributed by atoms with Crippen LogP contribution in [0.25, 0.3) is 11.1 Å². The number of ether oxygens (including phenoxy) is 1. The van der Waals surface area contributed by atoms with Crippen molar-refractivity contribution in [3.8, 4) is 16.9 Å². The lowest BCUT2D eigenvalue weighted by atomic mass is 9.97. The maximum atomic E-state index is 11.9. The van der Waals surface area contributed by atoms with Crippen LogP contribution in [-0.4, -0.2) is 12.9 Å². The minimum Gasteiger partial charge on any atom is -0.496 e. The second kappa shape index (κ2) is 5.91. The van der Waals surface area contributed by atoms with Crippen LogP contribution in [0.2, 0.25) is 0 Å². The van der Waals surface area contributed by atoms with E-state index in [0.717, 1.165) is 22.4 Å². The molecule has 0 saturated carbocycles. The smallest absolute Gasteiger partial charge is 0.165 e. The van der Waals surface area contributed by atoms with Crippen molar-refractivity contribution in [1.29, 1.82) is 0 Å². The topological polar surface area (TPSA) is 26.3 Å². The summed E-state index contributed by atoms with van der Waals surface area (Å²) in [4.78, 5) is 11.9. The number of hydrogen-bond acceptors (Lipinski definition) is 2. The Morgan fingerprint density at radius 3 is 2.25 bits per heavy atom. The van der Waals surface area contributed by atoms with Gasteiger partial charge in [0.1, 0.15) is 5.75 Å². The maximum absolute atomic E-state index is 11.9. The Morgan fingerprint density at radius 1 is 1.05 bits per heavy atom. The first-order valence-corrected chi connectivity index (χ1v) is 6.82. The van der Waals surface area contributed by atoms with E-state index in [4.69, 9.17) is 4.74 Å². The normalized spacial score (nSPS) is 10.7. The van der Waals surface area contributed by atoms with E-state index in [2.05, 4.69) is 13.0 Å². The van der Waals surface area contributed by atoms with Crippen molar-refractivity contribution in [2.75, 3.05) is 7.11 Å². The molecule has 0 aliphatic heterocycles. The molecule has 2 aromatic rings. The van der Waals surface area contributed by atoms with E-state index >= 15 is 0 Å². The van der Waals surface area contributed by atoms with Gasteiger partial charge in [0, 0.05) is 17.0 Å². The number of ketones is 1. The molecule has 0 aliphatic rings. The fraction of sp³-hybridized carbons (Fsp3) is 0.278. The average molecular weight is 268 g/mol. The van der Waals surface area contributed by atoms with Gasteiger partial charge in [-0.3, -0.25) is 4.79 Å². The Bertz CT molecular complexity index is 610. The van der Waals surface area contributed by atoms with Gasteiger partial charge < -0.3 is 4.74 Å². The molecule has 2 aromatic carbocycles. The Balaban J connectivity index is 2.40. The van der Waals surface area contributed by atoms with Crippen molar-refractivity contribution in [3.05, 3.63) is 53.6 Å². The quantitative estimate of drug-likeness (QED) is 0.763. The number of methoxy groups -OCH3 is 1. The molecular formula is C18H20O2. The molecule has 0 saturated heterocycles. The number of hydrogen-bond donors (Lipinski definition) is 0. The third-order valence-corrected chi connectivity index (χ3v) is 3.36. The van der Waals surface area contributed by atoms with E-state index in [1.54, 1.807) is 7.11 Å². The van der Waals surface area contributed by atoms with Crippen molar-refractivity contribution < 1.29 is 9.53 Å². The molecule has 0 fully saturated rings. The van der Waals surface area contributed by atoms with Crippen molar-refractivity contribution in [2.45, 2.75) is 20.8 Å². The number of carbonyl (C=O) groups excluding carboxylic acids is 1. The highest BCUT2D eigenvalue weighted by Gasteiger charge is 2.11. The van der Waals surface area contributed by atoms with E-state index in [1.807, 2.05) is 50.2 Å². The number of aryl methyl sites for hydroxylation is 1. The monoisotopic (exact) mass is 268 g/mol. The Morgan fingerprint density at radius 2 is 1.70 bits per heavy atom. The van der Waals surface area contributed by atoms with Crippen LogP contribution in [0.3, 0.4) is 0 Å². The highest BCUT2D eigenvalue weighted by Crippen LogP contribution is 2.31. The Kier molecular flexibility index (Phi) is 4.23. The maximum Gasteiger partial charge on any atom is 0.165 e. The van der Waals surface area contributed by atoms with E-state index < -0.39 is 0 Å². The van der Waals surface area contributed by atoms with E-state index in [-0.39, 0.29) is 11.7 Å². The fourth-order valence-corrected chi connectivity index (χ4v) is 2.19. The molecular weight excluding hydrogens is 248 g/mol. The first-order chi connectivity index (χ1) is 9.52. The van der Waals surface area contributed by atoms with Crippen LogP contribution in [0, 0.1) is 12.8 Å². The van der Waals surface area contributed by atoms with Crippen LogP contribution < -0.4 is 4.74 Å². The summed E-state index contributed by atoms with van der Waals surface area (Å²) in [5.74, 6) is 1.04. The number of rotatable bonds is 4. The fourth-order valence-electron chi connectivity index (χ4n) is 2.19. The Hall–Kier alpha value is -2.09. The zero-order valence-electron chi connectivity index (χ0n) is 12.4. The summed E-state index contributed by atoms with van der Waals surface area (Å²) in [5, 5.41) is 0. The summed E-state index contributed by atoms with van der Waals surface area (Å²) in [6, 6.07) is 13.8. The first-order valence-electron chi connectivity index (χ1n) is 6.82. The largest absolute Gasteiger partial charge is 0.496 e. The van der Waals surface area contributed by atoms with Gasteiger partial charge in [-0.25, -0.2) is 0 Å². The number of Topliss-reactive ketones (excluding diaryl/α,β-unsaturated/α-hetero) is 1. The van der Waals surface area contributed by atoms with Gasteiger partial charge in [0.15, 0.2) is 5.78 Å². The Labute approximate surface area is 120 Å². The number of benzene rings is 2. The summed E-state index contributed by atoms with van der Waals surface area (Å²) in [7, 11) is 1.67. The van der Waals surface area contributed by atoms with Crippen molar-refractivity contribution in [3.63, 3.8) is 0 Å². The molecule has 0 unspecified atom stereocenters. The lowest BCUT2D eigenvalue weighted by Crippen LogP contribution is -2.06. The molecule has 0 bridgehead atoms. The van der Waals surface area contributed by atoms with Crippen LogP contribution in [-0.2, 0) is 0 Å². The summed E-state index contributed by atoms with van der Waals surface area (Å²) in [6.07, 6.45) is 0. The van der Waals surface area contributed by atoms with Gasteiger partial charge in [-0.05, 0) is 24.6 Å². The van der Waals surface area contributed by atoms with Crippen molar-refractivity contribution in [1.82, 2.24) is 0 Å². The third-order valence-electron chi connectivity index (χ3n) is 3.36. The van der Waals surface area contributed by atoms with Gasteiger partial charge in [0.2, 0.25) is 0 Å². The van der Waals surface area contributed by atoms with Crippen LogP contribution in [0.4, 0.5) is 0 Å². The van der Waals surface area contributed by atoms with Crippen LogP contribution >= 0.6 is 0 Å². The zero-order chi connectivity index (χ0) is 14.7. The van der Waals surface area contributed by atoms with Gasteiger partial charge in [0.25, 0.3) is 0 Å². The molecule has 20 heavy (non-hydrogen) atoms. The molecule has 2 rings (SSSR count). The molecule has 0 aliphatic carbocycles. The lowest BCUT2D eigenvalue weighted by molar-refractivity contribution is 0.0939. The number of carbonyl (C=O) groups is 1. The van der Waals surface area contributed by atoms with E-state index in [9.17, 15) is 4.79 Å². The molecule has 0 radical (unpaired) electrons. The van der Waals surface area contributed by atoms with Gasteiger partial charge >= 0.3 is 0 Å². The van der Waals surface area contributed by atoms with Crippen LogP contribution in [0.15, 0.2) is 42.5 Å². The van der Waals surface area contributed by atoms with Crippen molar-refractivity contribution >= 4 is 5.78 Å². The van der Waals surface area contributed by atoms with Gasteiger partial charge in [-0.2, -0.15) is 0 Å². The summed E-state index contributed by atoms with van der Waals surface area (Å²) < 4.78 is 5.40. The van der Waals surface area contributed by atoms with Crippen LogP contribution in [0.5, 0.6) is 5.75 Å². The zero-order valence-corrected chi connectivity index (χ0v) is 12.4. The summed E-state index contributed by atoms with van der Waals surface area (Å²) in [5.41, 5.74) is 4.06. The molecule has 2 heteroatoms. The van der Waals surface area contributed by atoms with Crippen molar-refractivity contribution in [2.24, 2.45) is 5.92 Å². The van der Waals surface area contributed by atoms with Gasteiger partial charge in [-0.15, -0.1) is 0 Å². The lowest BCUT2D eigenvalue weighted by Gasteiger charge is -2.11. The highest BCUT2D eigenvalue weighted by molar-refractivity contribution is 5.97. The van der Waals surface area contributed by atoms with Crippen LogP contribution in [0.1, 0.15) is 29.8 Å². The van der Waals surface area contributed by atoms with E-state index in [0.29, 0.717) is 0 Å². The molecule has 104 valence electrons. The molecule has 0 spiro atoms. The molecule has 0 heterocycles. The molecule has 0 N–H and O–H groups in total.